The highest BCUT2D eigenvalue weighted by Gasteiger charge is 2.06. The number of likely N-dealkylation sites (N-methyl/N-ethyl adjacent to an activating group) is 1. The van der Waals surface area contributed by atoms with Crippen LogP contribution in [-0.4, -0.2) is 41.1 Å². The maximum Gasteiger partial charge on any atom is 0.203 e. The van der Waals surface area contributed by atoms with Crippen LogP contribution in [-0.2, 0) is 6.54 Å². The van der Waals surface area contributed by atoms with E-state index < -0.39 is 0 Å². The molecular formula is C11H20N4. The van der Waals surface area contributed by atoms with Gasteiger partial charge in [-0.1, -0.05) is 6.08 Å². The van der Waals surface area contributed by atoms with Crippen molar-refractivity contribution in [1.82, 2.24) is 14.5 Å². The van der Waals surface area contributed by atoms with Crippen LogP contribution in [0, 0.1) is 0 Å². The molecule has 0 fully saturated rings. The zero-order valence-corrected chi connectivity index (χ0v) is 9.77. The Hall–Kier alpha value is -1.29. The fourth-order valence-electron chi connectivity index (χ4n) is 1.18. The standard InChI is InChI=1S/C11H20N4/c1-5-7-15-8-6-12-11(15)13-9-10(2)14(3)4/h5-6,8,10H,1,7,9H2,2-4H3,(H,12,13). The molecule has 4 heteroatoms. The Morgan fingerprint density at radius 2 is 2.40 bits per heavy atom. The van der Waals surface area contributed by atoms with Gasteiger partial charge in [0.15, 0.2) is 0 Å². The summed E-state index contributed by atoms with van der Waals surface area (Å²) in [7, 11) is 4.14. The highest BCUT2D eigenvalue weighted by molar-refractivity contribution is 5.26. The molecule has 0 bridgehead atoms. The first-order valence-corrected chi connectivity index (χ1v) is 5.17. The van der Waals surface area contributed by atoms with Gasteiger partial charge >= 0.3 is 0 Å². The number of imidazole rings is 1. The van der Waals surface area contributed by atoms with Crippen molar-refractivity contribution in [1.29, 1.82) is 0 Å². The molecule has 0 aliphatic rings. The highest BCUT2D eigenvalue weighted by Crippen LogP contribution is 2.04. The second-order valence-corrected chi connectivity index (χ2v) is 3.89. The lowest BCUT2D eigenvalue weighted by Crippen LogP contribution is -2.32. The number of hydrogen-bond donors (Lipinski definition) is 1. The van der Waals surface area contributed by atoms with Crippen molar-refractivity contribution in [2.75, 3.05) is 26.0 Å². The topological polar surface area (TPSA) is 33.1 Å². The molecule has 1 N–H and O–H groups in total. The average molecular weight is 208 g/mol. The van der Waals surface area contributed by atoms with Gasteiger partial charge in [-0.05, 0) is 21.0 Å². The van der Waals surface area contributed by atoms with Crippen molar-refractivity contribution in [3.8, 4) is 0 Å². The van der Waals surface area contributed by atoms with E-state index in [1.165, 1.54) is 0 Å². The Bertz CT molecular complexity index is 303. The van der Waals surface area contributed by atoms with E-state index in [-0.39, 0.29) is 0 Å². The fourth-order valence-corrected chi connectivity index (χ4v) is 1.18. The molecule has 1 unspecified atom stereocenters. The maximum absolute atomic E-state index is 4.25. The van der Waals surface area contributed by atoms with Gasteiger partial charge in [0, 0.05) is 31.5 Å². The molecule has 1 aromatic rings. The Morgan fingerprint density at radius 1 is 1.67 bits per heavy atom. The molecule has 0 amide bonds. The van der Waals surface area contributed by atoms with Gasteiger partial charge < -0.3 is 14.8 Å². The molecule has 0 aromatic carbocycles. The average Bonchev–Trinajstić information content (AvgIpc) is 2.62. The second kappa shape index (κ2) is 5.56. The van der Waals surface area contributed by atoms with Crippen LogP contribution in [0.25, 0.3) is 0 Å². The molecule has 0 radical (unpaired) electrons. The number of rotatable bonds is 6. The SMILES string of the molecule is C=CCn1ccnc1NCC(C)N(C)C. The van der Waals surface area contributed by atoms with Gasteiger partial charge in [0.25, 0.3) is 0 Å². The molecule has 0 spiro atoms. The number of anilines is 1. The molecule has 0 aliphatic heterocycles. The number of allylic oxidation sites excluding steroid dienone is 1. The van der Waals surface area contributed by atoms with Gasteiger partial charge in [0.1, 0.15) is 0 Å². The summed E-state index contributed by atoms with van der Waals surface area (Å²) >= 11 is 0. The fraction of sp³-hybridized carbons (Fsp3) is 0.545. The Balaban J connectivity index is 2.49. The number of aromatic nitrogens is 2. The van der Waals surface area contributed by atoms with Crippen LogP contribution in [0.3, 0.4) is 0 Å². The van der Waals surface area contributed by atoms with Crippen LogP contribution in [0.2, 0.25) is 0 Å². The molecule has 1 atom stereocenters. The summed E-state index contributed by atoms with van der Waals surface area (Å²) in [6, 6.07) is 0.485. The number of hydrogen-bond acceptors (Lipinski definition) is 3. The molecule has 1 heterocycles. The molecule has 1 rings (SSSR count). The summed E-state index contributed by atoms with van der Waals surface area (Å²) in [5, 5.41) is 3.32. The van der Waals surface area contributed by atoms with E-state index in [2.05, 4.69) is 42.8 Å². The minimum atomic E-state index is 0.485. The summed E-state index contributed by atoms with van der Waals surface area (Å²) in [4.78, 5) is 6.43. The van der Waals surface area contributed by atoms with Gasteiger partial charge in [-0.3, -0.25) is 0 Å². The first-order valence-electron chi connectivity index (χ1n) is 5.17. The summed E-state index contributed by atoms with van der Waals surface area (Å²) in [5.74, 6) is 0.906. The van der Waals surface area contributed by atoms with Crippen LogP contribution in [0.5, 0.6) is 0 Å². The van der Waals surface area contributed by atoms with Crippen molar-refractivity contribution in [2.45, 2.75) is 19.5 Å². The normalized spacial score (nSPS) is 12.8. The molecule has 84 valence electrons. The van der Waals surface area contributed by atoms with Gasteiger partial charge in [0.05, 0.1) is 0 Å². The molecule has 0 saturated carbocycles. The van der Waals surface area contributed by atoms with Crippen molar-refractivity contribution < 1.29 is 0 Å². The van der Waals surface area contributed by atoms with E-state index >= 15 is 0 Å². The van der Waals surface area contributed by atoms with Crippen LogP contribution in [0.1, 0.15) is 6.92 Å². The predicted molar refractivity (Wildman–Crippen MR) is 64.1 cm³/mol. The molecule has 4 nitrogen and oxygen atoms in total. The zero-order chi connectivity index (χ0) is 11.3. The zero-order valence-electron chi connectivity index (χ0n) is 9.77. The summed E-state index contributed by atoms with van der Waals surface area (Å²) in [6.45, 7) is 7.57. The Kier molecular flexibility index (Phi) is 4.37. The van der Waals surface area contributed by atoms with E-state index in [1.807, 2.05) is 16.8 Å². The van der Waals surface area contributed by atoms with Crippen LogP contribution < -0.4 is 5.32 Å². The van der Waals surface area contributed by atoms with E-state index in [0.29, 0.717) is 6.04 Å². The number of nitrogens with zero attached hydrogens (tertiary/aromatic N) is 3. The van der Waals surface area contributed by atoms with Crippen LogP contribution in [0.15, 0.2) is 25.0 Å². The molecule has 0 aliphatic carbocycles. The third kappa shape index (κ3) is 3.40. The van der Waals surface area contributed by atoms with Gasteiger partial charge in [-0.25, -0.2) is 4.98 Å². The lowest BCUT2D eigenvalue weighted by Gasteiger charge is -2.20. The van der Waals surface area contributed by atoms with Crippen molar-refractivity contribution in [2.24, 2.45) is 0 Å². The second-order valence-electron chi connectivity index (χ2n) is 3.89. The first-order chi connectivity index (χ1) is 7.15. The largest absolute Gasteiger partial charge is 0.354 e. The maximum atomic E-state index is 4.25. The minimum Gasteiger partial charge on any atom is -0.354 e. The molecular weight excluding hydrogens is 188 g/mol. The van der Waals surface area contributed by atoms with Crippen LogP contribution in [0.4, 0.5) is 5.95 Å². The third-order valence-corrected chi connectivity index (χ3v) is 2.48. The van der Waals surface area contributed by atoms with Gasteiger partial charge in [-0.2, -0.15) is 0 Å². The molecule has 1 aromatic heterocycles. The van der Waals surface area contributed by atoms with Gasteiger partial charge in [-0.15, -0.1) is 6.58 Å². The van der Waals surface area contributed by atoms with Crippen LogP contribution >= 0.6 is 0 Å². The Labute approximate surface area is 91.6 Å². The summed E-state index contributed by atoms with van der Waals surface area (Å²) < 4.78 is 2.04. The summed E-state index contributed by atoms with van der Waals surface area (Å²) in [5.41, 5.74) is 0. The van der Waals surface area contributed by atoms with Crippen molar-refractivity contribution in [3.63, 3.8) is 0 Å². The molecule has 15 heavy (non-hydrogen) atoms. The first kappa shape index (κ1) is 11.8. The van der Waals surface area contributed by atoms with E-state index in [1.54, 1.807) is 6.20 Å². The van der Waals surface area contributed by atoms with E-state index in [9.17, 15) is 0 Å². The van der Waals surface area contributed by atoms with E-state index in [0.717, 1.165) is 19.0 Å². The van der Waals surface area contributed by atoms with Gasteiger partial charge in [0.2, 0.25) is 5.95 Å². The smallest absolute Gasteiger partial charge is 0.203 e. The Morgan fingerprint density at radius 3 is 3.00 bits per heavy atom. The van der Waals surface area contributed by atoms with Crippen molar-refractivity contribution in [3.05, 3.63) is 25.0 Å². The quantitative estimate of drug-likeness (QED) is 0.718. The lowest BCUT2D eigenvalue weighted by molar-refractivity contribution is 0.325. The summed E-state index contributed by atoms with van der Waals surface area (Å²) in [6.07, 6.45) is 5.61. The highest BCUT2D eigenvalue weighted by atomic mass is 15.2. The number of nitrogens with one attached hydrogen (secondary N) is 1. The van der Waals surface area contributed by atoms with E-state index in [4.69, 9.17) is 0 Å². The third-order valence-electron chi connectivity index (χ3n) is 2.48. The monoisotopic (exact) mass is 208 g/mol. The lowest BCUT2D eigenvalue weighted by atomic mass is 10.3. The molecule has 0 saturated heterocycles. The predicted octanol–water partition coefficient (Wildman–Crippen LogP) is 1.43. The minimum absolute atomic E-state index is 0.485. The van der Waals surface area contributed by atoms with Crippen molar-refractivity contribution >= 4 is 5.95 Å².